The molecule has 0 aliphatic carbocycles. The second kappa shape index (κ2) is 6.54. The lowest BCUT2D eigenvalue weighted by Crippen LogP contribution is -2.31. The van der Waals surface area contributed by atoms with Gasteiger partial charge in [0.15, 0.2) is 0 Å². The third-order valence-electron chi connectivity index (χ3n) is 2.21. The van der Waals surface area contributed by atoms with Crippen LogP contribution in [0.5, 0.6) is 5.75 Å². The van der Waals surface area contributed by atoms with Crippen molar-refractivity contribution >= 4 is 49.3 Å². The molecule has 94 valence electrons. The molecular weight excluding hydrogens is 297 g/mol. The second-order valence-electron chi connectivity index (χ2n) is 3.93. The van der Waals surface area contributed by atoms with Crippen LogP contribution in [-0.4, -0.2) is 14.5 Å². The first-order valence-corrected chi connectivity index (χ1v) is 9.26. The Morgan fingerprint density at radius 1 is 1.24 bits per heavy atom. The number of hydrogen-bond donors (Lipinski definition) is 1. The Morgan fingerprint density at radius 3 is 2.29 bits per heavy atom. The number of nitrogen functional groups attached to an aromatic ring is 1. The minimum Gasteiger partial charge on any atom is -0.487 e. The Bertz CT molecular complexity index is 419. The van der Waals surface area contributed by atoms with Crippen molar-refractivity contribution in [2.75, 3.05) is 5.73 Å². The van der Waals surface area contributed by atoms with Gasteiger partial charge in [-0.2, -0.15) is 0 Å². The van der Waals surface area contributed by atoms with Gasteiger partial charge in [-0.05, 0) is 12.1 Å². The molecule has 0 saturated carbocycles. The minimum absolute atomic E-state index is 0.0485. The van der Waals surface area contributed by atoms with Crippen LogP contribution in [0.3, 0.4) is 0 Å². The van der Waals surface area contributed by atoms with Gasteiger partial charge in [0.25, 0.3) is 0 Å². The normalized spacial score (nSPS) is 12.4. The maximum Gasteiger partial charge on any atom is 0.142 e. The van der Waals surface area contributed by atoms with Crippen molar-refractivity contribution in [1.82, 2.24) is 0 Å². The molecule has 0 bridgehead atoms. The van der Waals surface area contributed by atoms with Crippen molar-refractivity contribution < 1.29 is 4.74 Å². The highest BCUT2D eigenvalue weighted by Gasteiger charge is 2.23. The molecule has 1 unspecified atom stereocenters. The van der Waals surface area contributed by atoms with Crippen LogP contribution in [-0.2, 0) is 0 Å². The molecule has 0 saturated heterocycles. The number of benzene rings is 1. The summed E-state index contributed by atoms with van der Waals surface area (Å²) in [5.41, 5.74) is 6.11. The third-order valence-corrected chi connectivity index (χ3v) is 5.11. The molecule has 0 aromatic heterocycles. The standard InChI is InChI=1S/C11H14Cl3NOSi/c1-17(2)11(9(12)10(13)14)16-8-6-4-3-5-7(8)15/h3-6,11,17H,15H2,1-2H3. The molecular formula is C11H14Cl3NOSi. The number of para-hydroxylation sites is 2. The average Bonchev–Trinajstić information content (AvgIpc) is 2.26. The molecule has 2 nitrogen and oxygen atoms in total. The monoisotopic (exact) mass is 309 g/mol. The van der Waals surface area contributed by atoms with E-state index in [0.29, 0.717) is 16.5 Å². The van der Waals surface area contributed by atoms with Crippen LogP contribution in [0.15, 0.2) is 33.8 Å². The molecule has 0 spiro atoms. The van der Waals surface area contributed by atoms with Crippen LogP contribution in [0.4, 0.5) is 5.69 Å². The summed E-state index contributed by atoms with van der Waals surface area (Å²) in [6.45, 7) is 4.20. The smallest absolute Gasteiger partial charge is 0.142 e. The zero-order chi connectivity index (χ0) is 13.0. The van der Waals surface area contributed by atoms with Crippen LogP contribution < -0.4 is 10.5 Å². The molecule has 1 aromatic carbocycles. The van der Waals surface area contributed by atoms with E-state index in [4.69, 9.17) is 45.3 Å². The van der Waals surface area contributed by atoms with E-state index < -0.39 is 8.80 Å². The predicted octanol–water partition coefficient (Wildman–Crippen LogP) is 3.93. The summed E-state index contributed by atoms with van der Waals surface area (Å²) in [7, 11) is -1.23. The van der Waals surface area contributed by atoms with Crippen molar-refractivity contribution in [1.29, 1.82) is 0 Å². The van der Waals surface area contributed by atoms with Crippen LogP contribution in [0, 0.1) is 0 Å². The lowest BCUT2D eigenvalue weighted by molar-refractivity contribution is 0.316. The van der Waals surface area contributed by atoms with E-state index in [-0.39, 0.29) is 10.2 Å². The van der Waals surface area contributed by atoms with E-state index >= 15 is 0 Å². The summed E-state index contributed by atoms with van der Waals surface area (Å²) in [6, 6.07) is 7.26. The van der Waals surface area contributed by atoms with Crippen LogP contribution in [0.1, 0.15) is 0 Å². The molecule has 6 heteroatoms. The van der Waals surface area contributed by atoms with Gasteiger partial charge < -0.3 is 10.5 Å². The van der Waals surface area contributed by atoms with E-state index in [0.717, 1.165) is 0 Å². The molecule has 1 rings (SSSR count). The third kappa shape index (κ3) is 4.10. The van der Waals surface area contributed by atoms with E-state index in [2.05, 4.69) is 13.1 Å². The number of nitrogens with two attached hydrogens (primary N) is 1. The fourth-order valence-electron chi connectivity index (χ4n) is 1.31. The Morgan fingerprint density at radius 2 is 1.82 bits per heavy atom. The second-order valence-corrected chi connectivity index (χ2v) is 8.38. The first-order chi connectivity index (χ1) is 7.93. The summed E-state index contributed by atoms with van der Waals surface area (Å²) in [5, 5.41) is 0.346. The van der Waals surface area contributed by atoms with Crippen molar-refractivity contribution in [2.45, 2.75) is 18.8 Å². The zero-order valence-corrected chi connectivity index (χ0v) is 13.0. The SMILES string of the molecule is C[SiH](C)C(Oc1ccccc1N)C(Cl)=C(Cl)Cl. The predicted molar refractivity (Wildman–Crippen MR) is 78.7 cm³/mol. The number of halogens is 3. The fourth-order valence-corrected chi connectivity index (χ4v) is 3.71. The molecule has 0 aliphatic heterocycles. The van der Waals surface area contributed by atoms with Crippen molar-refractivity contribution in [3.8, 4) is 5.75 Å². The van der Waals surface area contributed by atoms with Gasteiger partial charge in [-0.3, -0.25) is 0 Å². The maximum atomic E-state index is 6.06. The van der Waals surface area contributed by atoms with Crippen molar-refractivity contribution in [2.24, 2.45) is 0 Å². The van der Waals surface area contributed by atoms with E-state index in [1.165, 1.54) is 0 Å². The summed E-state index contributed by atoms with van der Waals surface area (Å²) >= 11 is 17.5. The van der Waals surface area contributed by atoms with Gasteiger partial charge in [-0.1, -0.05) is 60.0 Å². The molecule has 0 aliphatic rings. The molecule has 1 aromatic rings. The fraction of sp³-hybridized carbons (Fsp3) is 0.273. The molecule has 0 amide bonds. The highest BCUT2D eigenvalue weighted by atomic mass is 35.5. The van der Waals surface area contributed by atoms with Gasteiger partial charge in [-0.15, -0.1) is 0 Å². The zero-order valence-electron chi connectivity index (χ0n) is 9.58. The molecule has 0 heterocycles. The number of hydrogen-bond acceptors (Lipinski definition) is 2. The van der Waals surface area contributed by atoms with Crippen LogP contribution >= 0.6 is 34.8 Å². The summed E-state index contributed by atoms with van der Waals surface area (Å²) in [4.78, 5) is 0. The topological polar surface area (TPSA) is 35.2 Å². The molecule has 0 radical (unpaired) electrons. The molecule has 1 atom stereocenters. The van der Waals surface area contributed by atoms with Gasteiger partial charge in [0.05, 0.1) is 19.5 Å². The first kappa shape index (κ1) is 14.7. The van der Waals surface area contributed by atoms with Gasteiger partial charge in [0.2, 0.25) is 0 Å². The number of anilines is 1. The Hall–Kier alpha value is -0.353. The van der Waals surface area contributed by atoms with Gasteiger partial charge in [0, 0.05) is 0 Å². The van der Waals surface area contributed by atoms with Crippen molar-refractivity contribution in [3.63, 3.8) is 0 Å². The first-order valence-electron chi connectivity index (χ1n) is 5.15. The van der Waals surface area contributed by atoms with Crippen LogP contribution in [0.2, 0.25) is 13.1 Å². The quantitative estimate of drug-likeness (QED) is 0.675. The Balaban J connectivity index is 2.97. The summed E-state index contributed by atoms with van der Waals surface area (Å²) in [6.07, 6.45) is 0. The largest absolute Gasteiger partial charge is 0.487 e. The molecule has 2 N–H and O–H groups in total. The van der Waals surface area contributed by atoms with Gasteiger partial charge in [-0.25, -0.2) is 0 Å². The van der Waals surface area contributed by atoms with Gasteiger partial charge >= 0.3 is 0 Å². The summed E-state index contributed by atoms with van der Waals surface area (Å²) in [5.74, 6) is 0.603. The minimum atomic E-state index is -1.23. The van der Waals surface area contributed by atoms with Gasteiger partial charge in [0.1, 0.15) is 16.0 Å². The number of rotatable bonds is 4. The number of ether oxygens (including phenoxy) is 1. The molecule has 0 fully saturated rings. The lowest BCUT2D eigenvalue weighted by atomic mass is 10.3. The van der Waals surface area contributed by atoms with Crippen LogP contribution in [0.25, 0.3) is 0 Å². The van der Waals surface area contributed by atoms with E-state index in [1.807, 2.05) is 12.1 Å². The summed E-state index contributed by atoms with van der Waals surface area (Å²) < 4.78 is 5.86. The lowest BCUT2D eigenvalue weighted by Gasteiger charge is -2.22. The average molecular weight is 311 g/mol. The van der Waals surface area contributed by atoms with E-state index in [1.54, 1.807) is 12.1 Å². The Labute approximate surface area is 118 Å². The van der Waals surface area contributed by atoms with E-state index in [9.17, 15) is 0 Å². The highest BCUT2D eigenvalue weighted by Crippen LogP contribution is 2.29. The van der Waals surface area contributed by atoms with Crippen molar-refractivity contribution in [3.05, 3.63) is 33.8 Å². The molecule has 17 heavy (non-hydrogen) atoms. The highest BCUT2D eigenvalue weighted by molar-refractivity contribution is 6.64. The Kier molecular flexibility index (Phi) is 5.66. The maximum absolute atomic E-state index is 6.06.